The second kappa shape index (κ2) is 25.7. The second-order valence-corrected chi connectivity index (χ2v) is 19.8. The molecule has 0 saturated heterocycles. The van der Waals surface area contributed by atoms with Gasteiger partial charge in [-0.2, -0.15) is 0 Å². The summed E-state index contributed by atoms with van der Waals surface area (Å²) in [4.78, 5) is 44.7. The van der Waals surface area contributed by atoms with Gasteiger partial charge in [0.05, 0.1) is 5.97 Å². The van der Waals surface area contributed by atoms with Crippen LogP contribution in [0.3, 0.4) is 0 Å². The lowest BCUT2D eigenvalue weighted by Gasteiger charge is -2.26. The van der Waals surface area contributed by atoms with E-state index < -0.39 is 12.6 Å². The molecule has 11 nitrogen and oxygen atoms in total. The Bertz CT molecular complexity index is 3320. The minimum atomic E-state index is -1.46. The predicted molar refractivity (Wildman–Crippen MR) is 301 cm³/mol. The van der Waals surface area contributed by atoms with Crippen LogP contribution in [0.15, 0.2) is 133 Å². The number of carboxylic acids is 1. The Morgan fingerprint density at radius 3 is 1.36 bits per heavy atom. The van der Waals surface area contributed by atoms with Crippen molar-refractivity contribution < 1.29 is 43.9 Å². The highest BCUT2D eigenvalue weighted by Gasteiger charge is 2.26. The number of phenolic OH excluding ortho intramolecular Hbond substituents is 2. The van der Waals surface area contributed by atoms with Crippen molar-refractivity contribution in [2.45, 2.75) is 86.2 Å². The molecule has 0 bridgehead atoms. The number of benzene rings is 8. The zero-order chi connectivity index (χ0) is 53.7. The third-order valence-electron chi connectivity index (χ3n) is 13.8. The van der Waals surface area contributed by atoms with Crippen molar-refractivity contribution >= 4 is 50.1 Å². The molecule has 0 saturated carbocycles. The van der Waals surface area contributed by atoms with E-state index in [1.807, 2.05) is 99.6 Å². The van der Waals surface area contributed by atoms with Gasteiger partial charge in [0, 0.05) is 97.1 Å². The molecule has 394 valence electrons. The SMILES string of the molecule is CCCCOCCCN(Cc1cc(C)cc(-c2cc(C)cc(-c3cc(C)cc(CN(CCCOCCCC)C(=O)c4ccc5c6ccccc6c6ccccc6c5c4)c3O)c2OCC(=O)[O-])c1O)C(=O)c1ccccc1. The Labute approximate surface area is 446 Å². The number of aromatic hydroxyl groups is 2. The molecule has 0 aliphatic rings. The Balaban J connectivity index is 1.18. The number of carbonyl (C=O) groups excluding carboxylic acids is 3. The fourth-order valence-electron chi connectivity index (χ4n) is 10.1. The minimum Gasteiger partial charge on any atom is -0.546 e. The Hall–Kier alpha value is -7.73. The average molecular weight is 1020 g/mol. The van der Waals surface area contributed by atoms with Gasteiger partial charge in [-0.1, -0.05) is 112 Å². The lowest BCUT2D eigenvalue weighted by atomic mass is 9.90. The molecule has 0 radical (unpaired) electrons. The van der Waals surface area contributed by atoms with Crippen molar-refractivity contribution in [1.82, 2.24) is 9.80 Å². The van der Waals surface area contributed by atoms with E-state index in [4.69, 9.17) is 14.2 Å². The zero-order valence-corrected chi connectivity index (χ0v) is 44.5. The number of carboxylic acid groups (broad SMARTS) is 1. The normalized spacial score (nSPS) is 11.4. The van der Waals surface area contributed by atoms with E-state index in [0.717, 1.165) is 74.7 Å². The van der Waals surface area contributed by atoms with Crippen LogP contribution >= 0.6 is 0 Å². The van der Waals surface area contributed by atoms with Crippen molar-refractivity contribution in [2.75, 3.05) is 46.1 Å². The van der Waals surface area contributed by atoms with Crippen LogP contribution in [-0.2, 0) is 27.4 Å². The van der Waals surface area contributed by atoms with Crippen molar-refractivity contribution in [3.05, 3.63) is 172 Å². The lowest BCUT2D eigenvalue weighted by molar-refractivity contribution is -0.307. The molecule has 8 rings (SSSR count). The van der Waals surface area contributed by atoms with Gasteiger partial charge >= 0.3 is 0 Å². The van der Waals surface area contributed by atoms with Gasteiger partial charge in [-0.05, 0) is 144 Å². The molecule has 0 fully saturated rings. The number of unbranched alkanes of at least 4 members (excludes halogenated alkanes) is 2. The lowest BCUT2D eigenvalue weighted by Crippen LogP contribution is -2.32. The maximum Gasteiger partial charge on any atom is 0.254 e. The summed E-state index contributed by atoms with van der Waals surface area (Å²) in [5.41, 5.74) is 5.72. The van der Waals surface area contributed by atoms with E-state index in [1.165, 1.54) is 0 Å². The van der Waals surface area contributed by atoms with E-state index in [2.05, 4.69) is 38.1 Å². The monoisotopic (exact) mass is 1020 g/mol. The molecule has 76 heavy (non-hydrogen) atoms. The highest BCUT2D eigenvalue weighted by atomic mass is 16.5. The summed E-state index contributed by atoms with van der Waals surface area (Å²) in [5, 5.41) is 43.4. The number of aryl methyl sites for hydroxylation is 3. The molecule has 2 N–H and O–H groups in total. The molecule has 11 heteroatoms. The Morgan fingerprint density at radius 1 is 0.474 bits per heavy atom. The van der Waals surface area contributed by atoms with Gasteiger partial charge in [-0.15, -0.1) is 0 Å². The van der Waals surface area contributed by atoms with Gasteiger partial charge in [0.15, 0.2) is 0 Å². The first-order chi connectivity index (χ1) is 36.9. The standard InChI is InChI=1S/C65H70N2O9/c1-6-8-29-74-31-17-27-66(64(72)46-19-11-10-12-20-46)40-48-33-43(3)35-56(61(48)70)58-37-45(5)38-59(63(58)76-42-60(68)69)57-36-44(4)34-49(62(57)71)41-67(28-18-32-75-30-9-7-2)65(73)47-25-26-54-52-23-14-13-21-50(52)51-22-15-16-24-53(51)55(54)39-47/h10-16,19-26,33-39,70-71H,6-9,17-18,27-32,40-42H2,1-5H3,(H,68,69)/p-1. The van der Waals surface area contributed by atoms with Crippen LogP contribution in [0.1, 0.15) is 101 Å². The van der Waals surface area contributed by atoms with Crippen molar-refractivity contribution in [2.24, 2.45) is 0 Å². The molecule has 0 spiro atoms. The molecule has 0 unspecified atom stereocenters. The van der Waals surface area contributed by atoms with Crippen LogP contribution in [0, 0.1) is 20.8 Å². The molecule has 2 amide bonds. The first kappa shape index (κ1) is 54.5. The van der Waals surface area contributed by atoms with Gasteiger partial charge in [0.25, 0.3) is 11.8 Å². The Morgan fingerprint density at radius 2 is 0.882 bits per heavy atom. The number of ether oxygens (including phenoxy) is 3. The van der Waals surface area contributed by atoms with Gasteiger partial charge < -0.3 is 44.1 Å². The number of rotatable bonds is 25. The van der Waals surface area contributed by atoms with E-state index in [-0.39, 0.29) is 42.2 Å². The van der Waals surface area contributed by atoms with Gasteiger partial charge in [-0.25, -0.2) is 0 Å². The van der Waals surface area contributed by atoms with E-state index in [0.29, 0.717) is 96.9 Å². The summed E-state index contributed by atoms with van der Waals surface area (Å²) in [6, 6.07) is 42.4. The van der Waals surface area contributed by atoms with Crippen molar-refractivity contribution in [1.29, 1.82) is 0 Å². The summed E-state index contributed by atoms with van der Waals surface area (Å²) in [5.74, 6) is -1.99. The maximum atomic E-state index is 15.0. The van der Waals surface area contributed by atoms with Crippen LogP contribution in [0.25, 0.3) is 54.6 Å². The van der Waals surface area contributed by atoms with Crippen molar-refractivity contribution in [3.63, 3.8) is 0 Å². The molecule has 0 heterocycles. The fourth-order valence-corrected chi connectivity index (χ4v) is 10.1. The van der Waals surface area contributed by atoms with Gasteiger partial charge in [0.2, 0.25) is 0 Å². The first-order valence-electron chi connectivity index (χ1n) is 26.6. The molecular formula is C65H69N2O9-. The number of fused-ring (bicyclic) bond motifs is 6. The van der Waals surface area contributed by atoms with Crippen LogP contribution in [-0.4, -0.2) is 83.9 Å². The number of carbonyl (C=O) groups is 3. The van der Waals surface area contributed by atoms with Crippen LogP contribution in [0.5, 0.6) is 17.2 Å². The van der Waals surface area contributed by atoms with Crippen LogP contribution in [0.4, 0.5) is 0 Å². The molecule has 0 aromatic heterocycles. The largest absolute Gasteiger partial charge is 0.546 e. The summed E-state index contributed by atoms with van der Waals surface area (Å²) in [7, 11) is 0. The number of aliphatic carboxylic acids is 1. The third-order valence-corrected chi connectivity index (χ3v) is 13.8. The van der Waals surface area contributed by atoms with Gasteiger partial charge in [0.1, 0.15) is 23.9 Å². The second-order valence-electron chi connectivity index (χ2n) is 19.8. The quantitative estimate of drug-likeness (QED) is 0.0421. The minimum absolute atomic E-state index is 0.0455. The topological polar surface area (TPSA) is 149 Å². The number of phenols is 2. The van der Waals surface area contributed by atoms with E-state index >= 15 is 0 Å². The summed E-state index contributed by atoms with van der Waals surface area (Å²) in [6.07, 6.45) is 5.06. The number of nitrogens with zero attached hydrogens (tertiary/aromatic N) is 2. The van der Waals surface area contributed by atoms with Gasteiger partial charge in [-0.3, -0.25) is 9.59 Å². The van der Waals surface area contributed by atoms with Crippen LogP contribution < -0.4 is 9.84 Å². The van der Waals surface area contributed by atoms with Crippen LogP contribution in [0.2, 0.25) is 0 Å². The molecule has 8 aromatic rings. The molecule has 0 aliphatic heterocycles. The van der Waals surface area contributed by atoms with Crippen molar-refractivity contribution in [3.8, 4) is 39.5 Å². The first-order valence-corrected chi connectivity index (χ1v) is 26.6. The number of amides is 2. The third kappa shape index (κ3) is 12.8. The molecule has 0 aliphatic carbocycles. The number of hydrogen-bond donors (Lipinski definition) is 2. The fraction of sp³-hybridized carbons (Fsp3) is 0.308. The molecule has 0 atom stereocenters. The highest BCUT2D eigenvalue weighted by Crippen LogP contribution is 2.48. The molecular weight excluding hydrogens is 953 g/mol. The molecule has 8 aromatic carbocycles. The Kier molecular flexibility index (Phi) is 18.4. The maximum absolute atomic E-state index is 15.0. The number of hydrogen-bond acceptors (Lipinski definition) is 9. The summed E-state index contributed by atoms with van der Waals surface area (Å²) < 4.78 is 17.9. The van der Waals surface area contributed by atoms with E-state index in [1.54, 1.807) is 40.1 Å². The highest BCUT2D eigenvalue weighted by molar-refractivity contribution is 6.26. The van der Waals surface area contributed by atoms with E-state index in [9.17, 15) is 29.7 Å². The predicted octanol–water partition coefficient (Wildman–Crippen LogP) is 12.6. The summed E-state index contributed by atoms with van der Waals surface area (Å²) >= 11 is 0. The zero-order valence-electron chi connectivity index (χ0n) is 44.5. The summed E-state index contributed by atoms with van der Waals surface area (Å²) in [6.45, 7) is 12.1. The average Bonchev–Trinajstić information content (AvgIpc) is 3.45. The smallest absolute Gasteiger partial charge is 0.254 e.